The smallest absolute Gasteiger partial charge is 0.356 e. The molecule has 0 saturated heterocycles. The summed E-state index contributed by atoms with van der Waals surface area (Å²) in [5, 5.41) is 13.4. The Morgan fingerprint density at radius 2 is 1.85 bits per heavy atom. The molecule has 1 heterocycles. The Kier molecular flexibility index (Phi) is 4.23. The number of carbonyl (C=O) groups is 1. The minimum absolute atomic E-state index is 0.107. The van der Waals surface area contributed by atoms with Gasteiger partial charge in [-0.1, -0.05) is 19.4 Å². The Morgan fingerprint density at radius 3 is 2.40 bits per heavy atom. The van der Waals surface area contributed by atoms with Crippen molar-refractivity contribution in [1.29, 1.82) is 0 Å². The standard InChI is InChI=1S/C16H20N2O2/c1-4-5-6-13-10-15(16(19)20)17-18(13)14-8-11(2)7-12(3)9-14/h7-10H,4-6H2,1-3H3,(H,19,20). The van der Waals surface area contributed by atoms with Crippen LogP contribution in [0, 0.1) is 13.8 Å². The number of benzene rings is 1. The van der Waals surface area contributed by atoms with Crippen LogP contribution in [0.2, 0.25) is 0 Å². The van der Waals surface area contributed by atoms with Crippen LogP contribution >= 0.6 is 0 Å². The van der Waals surface area contributed by atoms with Gasteiger partial charge in [0.2, 0.25) is 0 Å². The average molecular weight is 272 g/mol. The lowest BCUT2D eigenvalue weighted by molar-refractivity contribution is 0.0690. The number of hydrogen-bond acceptors (Lipinski definition) is 2. The molecule has 2 rings (SSSR count). The molecule has 0 unspecified atom stereocenters. The summed E-state index contributed by atoms with van der Waals surface area (Å²) in [7, 11) is 0. The number of hydrogen-bond donors (Lipinski definition) is 1. The molecule has 1 aromatic carbocycles. The zero-order chi connectivity index (χ0) is 14.7. The minimum Gasteiger partial charge on any atom is -0.476 e. The second-order valence-corrected chi connectivity index (χ2v) is 5.19. The molecule has 0 saturated carbocycles. The monoisotopic (exact) mass is 272 g/mol. The Morgan fingerprint density at radius 1 is 1.20 bits per heavy atom. The van der Waals surface area contributed by atoms with Gasteiger partial charge in [-0.2, -0.15) is 5.10 Å². The van der Waals surface area contributed by atoms with Crippen LogP contribution < -0.4 is 0 Å². The third kappa shape index (κ3) is 3.07. The van der Waals surface area contributed by atoms with Crippen LogP contribution in [0.5, 0.6) is 0 Å². The molecule has 0 bridgehead atoms. The number of rotatable bonds is 5. The number of unbranched alkanes of at least 4 members (excludes halogenated alkanes) is 1. The Hall–Kier alpha value is -2.10. The maximum atomic E-state index is 11.1. The molecule has 0 aliphatic heterocycles. The van der Waals surface area contributed by atoms with Crippen molar-refractivity contribution >= 4 is 5.97 Å². The molecular weight excluding hydrogens is 252 g/mol. The van der Waals surface area contributed by atoms with Gasteiger partial charge in [0.15, 0.2) is 5.69 Å². The highest BCUT2D eigenvalue weighted by Gasteiger charge is 2.14. The molecule has 0 spiro atoms. The van der Waals surface area contributed by atoms with Crippen molar-refractivity contribution in [2.75, 3.05) is 0 Å². The lowest BCUT2D eigenvalue weighted by Crippen LogP contribution is -2.04. The lowest BCUT2D eigenvalue weighted by atomic mass is 10.1. The van der Waals surface area contributed by atoms with Crippen molar-refractivity contribution < 1.29 is 9.90 Å². The maximum absolute atomic E-state index is 11.1. The average Bonchev–Trinajstić information content (AvgIpc) is 2.79. The number of aryl methyl sites for hydroxylation is 3. The van der Waals surface area contributed by atoms with Gasteiger partial charge >= 0.3 is 5.97 Å². The summed E-state index contributed by atoms with van der Waals surface area (Å²) in [6, 6.07) is 7.83. The Labute approximate surface area is 119 Å². The van der Waals surface area contributed by atoms with Gasteiger partial charge in [-0.05, 0) is 56.0 Å². The van der Waals surface area contributed by atoms with E-state index in [1.54, 1.807) is 10.7 Å². The third-order valence-electron chi connectivity index (χ3n) is 3.24. The summed E-state index contributed by atoms with van der Waals surface area (Å²) >= 11 is 0. The van der Waals surface area contributed by atoms with E-state index < -0.39 is 5.97 Å². The van der Waals surface area contributed by atoms with Crippen LogP contribution in [0.1, 0.15) is 47.1 Å². The molecule has 0 fully saturated rings. The third-order valence-corrected chi connectivity index (χ3v) is 3.24. The van der Waals surface area contributed by atoms with E-state index in [0.29, 0.717) is 0 Å². The van der Waals surface area contributed by atoms with Crippen molar-refractivity contribution in [3.63, 3.8) is 0 Å². The largest absolute Gasteiger partial charge is 0.476 e. The van der Waals surface area contributed by atoms with E-state index in [1.807, 2.05) is 26.0 Å². The highest BCUT2D eigenvalue weighted by molar-refractivity contribution is 5.85. The van der Waals surface area contributed by atoms with Gasteiger partial charge < -0.3 is 5.11 Å². The van der Waals surface area contributed by atoms with Crippen LogP contribution in [-0.2, 0) is 6.42 Å². The van der Waals surface area contributed by atoms with E-state index in [4.69, 9.17) is 5.11 Å². The molecule has 20 heavy (non-hydrogen) atoms. The van der Waals surface area contributed by atoms with Gasteiger partial charge in [-0.3, -0.25) is 0 Å². The molecule has 1 N–H and O–H groups in total. The molecule has 4 heteroatoms. The zero-order valence-electron chi connectivity index (χ0n) is 12.2. The zero-order valence-corrected chi connectivity index (χ0v) is 12.2. The van der Waals surface area contributed by atoms with Crippen LogP contribution in [0.4, 0.5) is 0 Å². The molecule has 0 atom stereocenters. The second kappa shape index (κ2) is 5.90. The van der Waals surface area contributed by atoms with E-state index in [0.717, 1.165) is 41.8 Å². The van der Waals surface area contributed by atoms with Gasteiger partial charge in [0, 0.05) is 5.69 Å². The van der Waals surface area contributed by atoms with Gasteiger partial charge in [-0.25, -0.2) is 9.48 Å². The van der Waals surface area contributed by atoms with Crippen molar-refractivity contribution in [3.8, 4) is 5.69 Å². The molecule has 0 radical (unpaired) electrons. The van der Waals surface area contributed by atoms with E-state index in [-0.39, 0.29) is 5.69 Å². The number of nitrogens with zero attached hydrogens (tertiary/aromatic N) is 2. The maximum Gasteiger partial charge on any atom is 0.356 e. The van der Waals surface area contributed by atoms with Crippen LogP contribution in [0.25, 0.3) is 5.69 Å². The van der Waals surface area contributed by atoms with E-state index in [1.165, 1.54) is 0 Å². The molecule has 1 aromatic heterocycles. The topological polar surface area (TPSA) is 55.1 Å². The van der Waals surface area contributed by atoms with Crippen molar-refractivity contribution in [1.82, 2.24) is 9.78 Å². The predicted molar refractivity (Wildman–Crippen MR) is 78.6 cm³/mol. The highest BCUT2D eigenvalue weighted by atomic mass is 16.4. The minimum atomic E-state index is -0.981. The Balaban J connectivity index is 2.49. The van der Waals surface area contributed by atoms with Gasteiger partial charge in [0.25, 0.3) is 0 Å². The Bertz CT molecular complexity index is 609. The molecule has 0 aliphatic rings. The lowest BCUT2D eigenvalue weighted by Gasteiger charge is -2.09. The first-order chi connectivity index (χ1) is 9.51. The van der Waals surface area contributed by atoms with Crippen LogP contribution in [-0.4, -0.2) is 20.9 Å². The first-order valence-corrected chi connectivity index (χ1v) is 6.92. The first kappa shape index (κ1) is 14.3. The molecular formula is C16H20N2O2. The number of carboxylic acids is 1. The summed E-state index contributed by atoms with van der Waals surface area (Å²) in [6.07, 6.45) is 2.93. The van der Waals surface area contributed by atoms with Gasteiger partial charge in [0.05, 0.1) is 5.69 Å². The van der Waals surface area contributed by atoms with E-state index >= 15 is 0 Å². The summed E-state index contributed by atoms with van der Waals surface area (Å²) in [5.74, 6) is -0.981. The summed E-state index contributed by atoms with van der Waals surface area (Å²) in [6.45, 7) is 6.18. The second-order valence-electron chi connectivity index (χ2n) is 5.19. The summed E-state index contributed by atoms with van der Waals surface area (Å²) in [5.41, 5.74) is 4.29. The van der Waals surface area contributed by atoms with Crippen molar-refractivity contribution in [2.24, 2.45) is 0 Å². The molecule has 0 amide bonds. The fraction of sp³-hybridized carbons (Fsp3) is 0.375. The number of carboxylic acid groups (broad SMARTS) is 1. The van der Waals surface area contributed by atoms with E-state index in [9.17, 15) is 4.79 Å². The molecule has 2 aromatic rings. The quantitative estimate of drug-likeness (QED) is 0.905. The fourth-order valence-electron chi connectivity index (χ4n) is 2.36. The molecule has 4 nitrogen and oxygen atoms in total. The highest BCUT2D eigenvalue weighted by Crippen LogP contribution is 2.18. The summed E-state index contributed by atoms with van der Waals surface area (Å²) in [4.78, 5) is 11.1. The first-order valence-electron chi connectivity index (χ1n) is 6.92. The van der Waals surface area contributed by atoms with Crippen LogP contribution in [0.15, 0.2) is 24.3 Å². The molecule has 0 aliphatic carbocycles. The van der Waals surface area contributed by atoms with Crippen LogP contribution in [0.3, 0.4) is 0 Å². The van der Waals surface area contributed by atoms with Gasteiger partial charge in [0.1, 0.15) is 0 Å². The molecule has 106 valence electrons. The summed E-state index contributed by atoms with van der Waals surface area (Å²) < 4.78 is 1.76. The predicted octanol–water partition coefficient (Wildman–Crippen LogP) is 3.53. The van der Waals surface area contributed by atoms with Crippen molar-refractivity contribution in [2.45, 2.75) is 40.0 Å². The van der Waals surface area contributed by atoms with Crippen molar-refractivity contribution in [3.05, 3.63) is 46.8 Å². The van der Waals surface area contributed by atoms with E-state index in [2.05, 4.69) is 18.1 Å². The normalized spacial score (nSPS) is 10.8. The SMILES string of the molecule is CCCCc1cc(C(=O)O)nn1-c1cc(C)cc(C)c1. The number of aromatic carboxylic acids is 1. The fourth-order valence-corrected chi connectivity index (χ4v) is 2.36. The number of aromatic nitrogens is 2. The van der Waals surface area contributed by atoms with Gasteiger partial charge in [-0.15, -0.1) is 0 Å².